The molecule has 0 saturated heterocycles. The first-order valence-electron chi connectivity index (χ1n) is 7.29. The van der Waals surface area contributed by atoms with E-state index in [1.165, 1.54) is 12.8 Å². The van der Waals surface area contributed by atoms with Crippen LogP contribution in [0, 0.1) is 0 Å². The second-order valence-electron chi connectivity index (χ2n) is 5.50. The SMILES string of the molecule is O=C(O)C(O)C(O)C(O)C(O)C(O)CO.[NH-]C1CCCCC1[NH-].[Pt+2]. The van der Waals surface area contributed by atoms with E-state index in [1.54, 1.807) is 0 Å². The summed E-state index contributed by atoms with van der Waals surface area (Å²) in [5.41, 5.74) is 14.6. The largest absolute Gasteiger partial charge is 2.00 e. The standard InChI is InChI=1S/C7H14O8.C6H12N2.Pt/c8-1-2(9)3(10)4(11)5(12)6(13)7(14)15;7-5-3-1-2-4-6(5)8;/h2-6,8-13H,1H2,(H,14,15);5-8H,1-4H2;/q;-2;+2. The number of carbonyl (C=O) groups is 1. The Morgan fingerprint density at radius 2 is 1.33 bits per heavy atom. The number of hydrogen-bond donors (Lipinski definition) is 7. The van der Waals surface area contributed by atoms with E-state index in [9.17, 15) is 4.79 Å². The number of aliphatic carboxylic acids is 1. The van der Waals surface area contributed by atoms with Gasteiger partial charge >= 0.3 is 27.0 Å². The number of aliphatic hydroxyl groups is 6. The minimum atomic E-state index is -2.29. The Balaban J connectivity index is 0. The maximum absolute atomic E-state index is 10.2. The van der Waals surface area contributed by atoms with Crippen molar-refractivity contribution in [3.05, 3.63) is 11.5 Å². The van der Waals surface area contributed by atoms with Crippen LogP contribution in [-0.4, -0.2) is 90.9 Å². The van der Waals surface area contributed by atoms with Crippen LogP contribution >= 0.6 is 0 Å². The van der Waals surface area contributed by atoms with Crippen LogP contribution in [0.4, 0.5) is 0 Å². The number of carboxylic acid groups (broad SMARTS) is 1. The van der Waals surface area contributed by atoms with E-state index in [4.69, 9.17) is 47.2 Å². The fourth-order valence-electron chi connectivity index (χ4n) is 2.00. The third-order valence-corrected chi connectivity index (χ3v) is 3.62. The molecule has 0 spiro atoms. The summed E-state index contributed by atoms with van der Waals surface area (Å²) in [5.74, 6) is -1.78. The number of hydrogen-bond acceptors (Lipinski definition) is 7. The van der Waals surface area contributed by atoms with Gasteiger partial charge in [0.25, 0.3) is 0 Å². The topological polar surface area (TPSA) is 206 Å². The van der Waals surface area contributed by atoms with Crippen molar-refractivity contribution < 1.29 is 61.6 Å². The maximum Gasteiger partial charge on any atom is 2.00 e. The molecule has 7 unspecified atom stereocenters. The van der Waals surface area contributed by atoms with E-state index in [0.717, 1.165) is 12.8 Å². The molecule has 146 valence electrons. The van der Waals surface area contributed by atoms with Gasteiger partial charge in [0.1, 0.15) is 24.4 Å². The number of rotatable bonds is 6. The fraction of sp³-hybridized carbons (Fsp3) is 0.923. The van der Waals surface area contributed by atoms with Gasteiger partial charge < -0.3 is 47.2 Å². The summed E-state index contributed by atoms with van der Waals surface area (Å²) in [6.07, 6.45) is -6.00. The maximum atomic E-state index is 10.2. The molecule has 0 radical (unpaired) electrons. The molecule has 10 nitrogen and oxygen atoms in total. The van der Waals surface area contributed by atoms with E-state index in [0.29, 0.717) is 0 Å². The molecule has 7 atom stereocenters. The van der Waals surface area contributed by atoms with Crippen LogP contribution in [0.5, 0.6) is 0 Å². The Kier molecular flexibility index (Phi) is 14.2. The summed E-state index contributed by atoms with van der Waals surface area (Å²) in [6, 6.07) is -0.160. The Bertz CT molecular complexity index is 342. The molecule has 9 N–H and O–H groups in total. The van der Waals surface area contributed by atoms with Gasteiger partial charge in [0, 0.05) is 0 Å². The molecule has 0 heterocycles. The molecule has 11 heteroatoms. The van der Waals surface area contributed by atoms with Gasteiger partial charge in [-0.1, -0.05) is 25.7 Å². The third kappa shape index (κ3) is 8.79. The zero-order valence-corrected chi connectivity index (χ0v) is 15.2. The normalized spacial score (nSPS) is 26.7. The van der Waals surface area contributed by atoms with Crippen LogP contribution in [-0.2, 0) is 25.9 Å². The van der Waals surface area contributed by atoms with Crippen LogP contribution in [0.25, 0.3) is 11.5 Å². The van der Waals surface area contributed by atoms with E-state index >= 15 is 0 Å². The first-order valence-corrected chi connectivity index (χ1v) is 7.29. The fourth-order valence-corrected chi connectivity index (χ4v) is 2.00. The second kappa shape index (κ2) is 13.1. The molecule has 1 rings (SSSR count). The van der Waals surface area contributed by atoms with E-state index in [-0.39, 0.29) is 33.1 Å². The summed E-state index contributed by atoms with van der Waals surface area (Å²) in [5, 5.41) is 61.5. The van der Waals surface area contributed by atoms with E-state index in [1.807, 2.05) is 0 Å². The quantitative estimate of drug-likeness (QED) is 0.208. The summed E-state index contributed by atoms with van der Waals surface area (Å²) in [6.45, 7) is -0.881. The van der Waals surface area contributed by atoms with Crippen molar-refractivity contribution in [3.8, 4) is 0 Å². The van der Waals surface area contributed by atoms with Gasteiger partial charge in [-0.25, -0.2) is 4.79 Å². The predicted octanol–water partition coefficient (Wildman–Crippen LogP) is -1.73. The molecule has 24 heavy (non-hydrogen) atoms. The summed E-state index contributed by atoms with van der Waals surface area (Å²) < 4.78 is 0. The zero-order chi connectivity index (χ0) is 18.2. The Labute approximate surface area is 154 Å². The third-order valence-electron chi connectivity index (χ3n) is 3.62. The van der Waals surface area contributed by atoms with Crippen molar-refractivity contribution in [2.45, 2.75) is 68.3 Å². The van der Waals surface area contributed by atoms with Crippen LogP contribution in [0.1, 0.15) is 25.7 Å². The van der Waals surface area contributed by atoms with Crippen molar-refractivity contribution in [1.82, 2.24) is 0 Å². The minimum absolute atomic E-state index is 0. The van der Waals surface area contributed by atoms with Crippen LogP contribution in [0.3, 0.4) is 0 Å². The molecule has 1 aliphatic rings. The molecule has 0 aliphatic heterocycles. The Hall–Kier alpha value is -0.162. The van der Waals surface area contributed by atoms with Gasteiger partial charge in [0.2, 0.25) is 0 Å². The zero-order valence-electron chi connectivity index (χ0n) is 12.9. The van der Waals surface area contributed by atoms with E-state index < -0.39 is 43.1 Å². The second-order valence-corrected chi connectivity index (χ2v) is 5.50. The minimum Gasteiger partial charge on any atom is -0.676 e. The molecular weight excluding hydrogens is 507 g/mol. The van der Waals surface area contributed by atoms with E-state index in [2.05, 4.69) is 0 Å². The summed E-state index contributed by atoms with van der Waals surface area (Å²) in [4.78, 5) is 10.2. The van der Waals surface area contributed by atoms with Gasteiger partial charge in [-0.3, -0.25) is 0 Å². The molecule has 0 aromatic rings. The van der Waals surface area contributed by atoms with Crippen LogP contribution in [0.2, 0.25) is 0 Å². The van der Waals surface area contributed by atoms with Gasteiger partial charge in [-0.05, 0) is 0 Å². The molecular formula is C13H26N2O8Pt. The number of nitrogens with one attached hydrogen (secondary N) is 2. The molecule has 1 fully saturated rings. The molecule has 0 aromatic carbocycles. The van der Waals surface area contributed by atoms with Crippen LogP contribution in [0.15, 0.2) is 0 Å². The predicted molar refractivity (Wildman–Crippen MR) is 79.4 cm³/mol. The molecule has 0 aromatic heterocycles. The molecule has 0 bridgehead atoms. The molecule has 1 saturated carbocycles. The first-order chi connectivity index (χ1) is 10.6. The van der Waals surface area contributed by atoms with Gasteiger partial charge in [-0.15, -0.1) is 0 Å². The van der Waals surface area contributed by atoms with Gasteiger partial charge in [-0.2, -0.15) is 12.1 Å². The Morgan fingerprint density at radius 3 is 1.62 bits per heavy atom. The summed E-state index contributed by atoms with van der Waals surface area (Å²) >= 11 is 0. The van der Waals surface area contributed by atoms with Gasteiger partial charge in [0.05, 0.1) is 6.61 Å². The number of carboxylic acids is 1. The smallest absolute Gasteiger partial charge is 0.676 e. The van der Waals surface area contributed by atoms with Crippen molar-refractivity contribution in [2.75, 3.05) is 6.61 Å². The van der Waals surface area contributed by atoms with Crippen molar-refractivity contribution in [2.24, 2.45) is 0 Å². The van der Waals surface area contributed by atoms with Crippen molar-refractivity contribution in [3.63, 3.8) is 0 Å². The van der Waals surface area contributed by atoms with Crippen molar-refractivity contribution in [1.29, 1.82) is 0 Å². The average molecular weight is 533 g/mol. The Morgan fingerprint density at radius 1 is 0.917 bits per heavy atom. The van der Waals surface area contributed by atoms with Crippen LogP contribution < -0.4 is 0 Å². The monoisotopic (exact) mass is 533 g/mol. The molecule has 0 amide bonds. The number of aliphatic hydroxyl groups excluding tert-OH is 6. The van der Waals surface area contributed by atoms with Gasteiger partial charge in [0.15, 0.2) is 6.10 Å². The first kappa shape index (κ1) is 26.1. The molecule has 1 aliphatic carbocycles. The average Bonchev–Trinajstić information content (AvgIpc) is 2.54. The summed E-state index contributed by atoms with van der Waals surface area (Å²) in [7, 11) is 0. The van der Waals surface area contributed by atoms with Crippen molar-refractivity contribution >= 4 is 5.97 Å².